The van der Waals surface area contributed by atoms with Crippen LogP contribution in [-0.4, -0.2) is 24.1 Å². The van der Waals surface area contributed by atoms with Crippen LogP contribution in [0.4, 0.5) is 0 Å². The van der Waals surface area contributed by atoms with Gasteiger partial charge in [0.15, 0.2) is 0 Å². The summed E-state index contributed by atoms with van der Waals surface area (Å²) in [4.78, 5) is 16.6. The van der Waals surface area contributed by atoms with Crippen molar-refractivity contribution in [3.63, 3.8) is 0 Å². The predicted molar refractivity (Wildman–Crippen MR) is 121 cm³/mol. The third-order valence-electron chi connectivity index (χ3n) is 8.53. The maximum Gasteiger partial charge on any atom is 0.0983 e. The first kappa shape index (κ1) is 24.5. The van der Waals surface area contributed by atoms with Crippen molar-refractivity contribution in [1.82, 2.24) is 0 Å². The SMILES string of the molecule is CCCC1CCC(COOC2CCC(C(OO)C3CCC(CCC)CC3)CC2)CC1. The lowest BCUT2D eigenvalue weighted by molar-refractivity contribution is -0.341. The molecule has 0 radical (unpaired) electrons. The van der Waals surface area contributed by atoms with Crippen molar-refractivity contribution in [3.8, 4) is 0 Å². The molecule has 0 amide bonds. The molecule has 0 spiro atoms. The van der Waals surface area contributed by atoms with E-state index in [2.05, 4.69) is 13.8 Å². The topological polar surface area (TPSA) is 47.9 Å². The Balaban J connectivity index is 1.29. The molecule has 4 nitrogen and oxygen atoms in total. The van der Waals surface area contributed by atoms with Crippen LogP contribution in [0.15, 0.2) is 0 Å². The van der Waals surface area contributed by atoms with Crippen molar-refractivity contribution >= 4 is 0 Å². The molecule has 0 aromatic carbocycles. The minimum atomic E-state index is 0.0211. The minimum Gasteiger partial charge on any atom is -0.252 e. The van der Waals surface area contributed by atoms with Gasteiger partial charge in [0.2, 0.25) is 0 Å². The van der Waals surface area contributed by atoms with E-state index in [4.69, 9.17) is 14.7 Å². The van der Waals surface area contributed by atoms with Crippen LogP contribution < -0.4 is 0 Å². The predicted octanol–water partition coefficient (Wildman–Crippen LogP) is 7.56. The van der Waals surface area contributed by atoms with Crippen molar-refractivity contribution in [1.29, 1.82) is 0 Å². The molecule has 3 aliphatic carbocycles. The second-order valence-corrected chi connectivity index (χ2v) is 10.7. The average molecular weight is 425 g/mol. The van der Waals surface area contributed by atoms with Gasteiger partial charge in [0.05, 0.1) is 18.8 Å². The van der Waals surface area contributed by atoms with Gasteiger partial charge in [-0.2, -0.15) is 0 Å². The van der Waals surface area contributed by atoms with E-state index >= 15 is 0 Å². The quantitative estimate of drug-likeness (QED) is 0.274. The fraction of sp³-hybridized carbons (Fsp3) is 1.00. The number of rotatable bonds is 11. The van der Waals surface area contributed by atoms with Crippen molar-refractivity contribution in [2.24, 2.45) is 29.6 Å². The summed E-state index contributed by atoms with van der Waals surface area (Å²) in [5.41, 5.74) is 0. The summed E-state index contributed by atoms with van der Waals surface area (Å²) < 4.78 is 0. The zero-order chi connectivity index (χ0) is 21.2. The normalized spacial score (nSPS) is 36.5. The monoisotopic (exact) mass is 424 g/mol. The largest absolute Gasteiger partial charge is 0.252 e. The highest BCUT2D eigenvalue weighted by atomic mass is 17.2. The lowest BCUT2D eigenvalue weighted by Crippen LogP contribution is -2.37. The van der Waals surface area contributed by atoms with Crippen LogP contribution in [0.5, 0.6) is 0 Å². The summed E-state index contributed by atoms with van der Waals surface area (Å²) in [6.45, 7) is 5.35. The van der Waals surface area contributed by atoms with E-state index in [1.807, 2.05) is 0 Å². The Morgan fingerprint density at radius 3 is 1.63 bits per heavy atom. The van der Waals surface area contributed by atoms with Crippen LogP contribution >= 0.6 is 0 Å². The summed E-state index contributed by atoms with van der Waals surface area (Å²) in [5.74, 6) is 3.53. The van der Waals surface area contributed by atoms with Gasteiger partial charge < -0.3 is 0 Å². The molecule has 0 aromatic heterocycles. The second-order valence-electron chi connectivity index (χ2n) is 10.7. The van der Waals surface area contributed by atoms with E-state index < -0.39 is 0 Å². The Hall–Kier alpha value is -0.160. The zero-order valence-electron chi connectivity index (χ0n) is 19.7. The summed E-state index contributed by atoms with van der Waals surface area (Å²) in [6, 6.07) is 0. The highest BCUT2D eigenvalue weighted by Crippen LogP contribution is 2.40. The van der Waals surface area contributed by atoms with E-state index in [1.165, 1.54) is 77.0 Å². The van der Waals surface area contributed by atoms with Gasteiger partial charge in [-0.05, 0) is 81.0 Å². The van der Waals surface area contributed by atoms with E-state index in [0.29, 0.717) is 17.8 Å². The van der Waals surface area contributed by atoms with Gasteiger partial charge in [0.25, 0.3) is 0 Å². The zero-order valence-corrected chi connectivity index (χ0v) is 19.7. The molecule has 3 rings (SSSR count). The lowest BCUT2D eigenvalue weighted by atomic mass is 9.72. The van der Waals surface area contributed by atoms with E-state index in [1.54, 1.807) is 0 Å². The average Bonchev–Trinajstić information content (AvgIpc) is 2.78. The first-order chi connectivity index (χ1) is 14.7. The maximum atomic E-state index is 9.65. The molecule has 4 heteroatoms. The first-order valence-electron chi connectivity index (χ1n) is 13.3. The van der Waals surface area contributed by atoms with Crippen LogP contribution in [0, 0.1) is 29.6 Å². The van der Waals surface area contributed by atoms with Crippen LogP contribution in [0.25, 0.3) is 0 Å². The lowest BCUT2D eigenvalue weighted by Gasteiger charge is -2.38. The van der Waals surface area contributed by atoms with E-state index in [-0.39, 0.29) is 12.2 Å². The highest BCUT2D eigenvalue weighted by molar-refractivity contribution is 4.85. The van der Waals surface area contributed by atoms with Crippen LogP contribution in [0.1, 0.15) is 117 Å². The van der Waals surface area contributed by atoms with Gasteiger partial charge in [-0.3, -0.25) is 5.26 Å². The van der Waals surface area contributed by atoms with Gasteiger partial charge in [-0.1, -0.05) is 65.2 Å². The molecule has 0 aromatic rings. The van der Waals surface area contributed by atoms with Crippen molar-refractivity contribution < 1.29 is 19.9 Å². The third kappa shape index (κ3) is 7.46. The molecule has 0 saturated heterocycles. The van der Waals surface area contributed by atoms with E-state index in [9.17, 15) is 5.26 Å². The summed E-state index contributed by atoms with van der Waals surface area (Å²) in [6.07, 6.45) is 20.2. The van der Waals surface area contributed by atoms with Gasteiger partial charge in [0.1, 0.15) is 0 Å². The third-order valence-corrected chi connectivity index (χ3v) is 8.53. The Bertz CT molecular complexity index is 432. The Morgan fingerprint density at radius 2 is 1.13 bits per heavy atom. The molecule has 0 bridgehead atoms. The fourth-order valence-corrected chi connectivity index (χ4v) is 6.61. The van der Waals surface area contributed by atoms with Crippen molar-refractivity contribution in [2.75, 3.05) is 6.61 Å². The molecule has 3 fully saturated rings. The van der Waals surface area contributed by atoms with Gasteiger partial charge in [-0.25, -0.2) is 14.7 Å². The Kier molecular flexibility index (Phi) is 10.9. The van der Waals surface area contributed by atoms with Gasteiger partial charge in [-0.15, -0.1) is 0 Å². The van der Waals surface area contributed by atoms with Crippen molar-refractivity contribution in [2.45, 2.75) is 129 Å². The number of hydrogen-bond donors (Lipinski definition) is 1. The van der Waals surface area contributed by atoms with Gasteiger partial charge >= 0.3 is 0 Å². The second kappa shape index (κ2) is 13.4. The summed E-state index contributed by atoms with van der Waals surface area (Å²) in [7, 11) is 0. The molecule has 3 aliphatic rings. The van der Waals surface area contributed by atoms with E-state index in [0.717, 1.165) is 44.1 Å². The smallest absolute Gasteiger partial charge is 0.0983 e. The molecule has 0 aliphatic heterocycles. The molecule has 1 N–H and O–H groups in total. The fourth-order valence-electron chi connectivity index (χ4n) is 6.61. The molecule has 1 unspecified atom stereocenters. The standard InChI is InChI=1S/C26H48O4/c1-3-5-20-7-9-22(10-8-20)19-28-30-25-17-15-24(16-18-25)26(29-27)23-13-11-21(6-4-2)12-14-23/h20-27H,3-19H2,1-2H3. The molecule has 3 saturated carbocycles. The Morgan fingerprint density at radius 1 is 0.667 bits per heavy atom. The minimum absolute atomic E-state index is 0.0211. The molecule has 176 valence electrons. The molecule has 30 heavy (non-hydrogen) atoms. The van der Waals surface area contributed by atoms with Crippen LogP contribution in [-0.2, 0) is 14.7 Å². The summed E-state index contributed by atoms with van der Waals surface area (Å²) >= 11 is 0. The number of hydrogen-bond acceptors (Lipinski definition) is 4. The maximum absolute atomic E-state index is 9.65. The van der Waals surface area contributed by atoms with Crippen LogP contribution in [0.2, 0.25) is 0 Å². The first-order valence-corrected chi connectivity index (χ1v) is 13.3. The molecular weight excluding hydrogens is 376 g/mol. The summed E-state index contributed by atoms with van der Waals surface area (Å²) in [5, 5.41) is 9.65. The van der Waals surface area contributed by atoms with Gasteiger partial charge in [0, 0.05) is 0 Å². The molecule has 1 atom stereocenters. The molecular formula is C26H48O4. The molecule has 0 heterocycles. The van der Waals surface area contributed by atoms with Crippen LogP contribution in [0.3, 0.4) is 0 Å². The highest BCUT2D eigenvalue weighted by Gasteiger charge is 2.36. The Labute approximate surface area is 185 Å². The van der Waals surface area contributed by atoms with Crippen molar-refractivity contribution in [3.05, 3.63) is 0 Å².